The van der Waals surface area contributed by atoms with Gasteiger partial charge in [0.2, 0.25) is 0 Å². The van der Waals surface area contributed by atoms with Gasteiger partial charge in [-0.3, -0.25) is 4.79 Å². The van der Waals surface area contributed by atoms with E-state index in [0.29, 0.717) is 0 Å². The van der Waals surface area contributed by atoms with Gasteiger partial charge >= 0.3 is 0 Å². The molecule has 0 saturated heterocycles. The van der Waals surface area contributed by atoms with Gasteiger partial charge in [-0.2, -0.15) is 0 Å². The zero-order valence-electron chi connectivity index (χ0n) is 12.2. The summed E-state index contributed by atoms with van der Waals surface area (Å²) in [5.41, 5.74) is 9.09. The van der Waals surface area contributed by atoms with Crippen LogP contribution in [0.1, 0.15) is 35.3 Å². The predicted molar refractivity (Wildman–Crippen MR) is 84.0 cm³/mol. The minimum atomic E-state index is -0.478. The van der Waals surface area contributed by atoms with Gasteiger partial charge in [0.05, 0.1) is 5.56 Å². The zero-order chi connectivity index (χ0) is 15.4. The van der Waals surface area contributed by atoms with E-state index in [0.717, 1.165) is 35.7 Å². The van der Waals surface area contributed by atoms with Crippen molar-refractivity contribution in [2.75, 3.05) is 11.1 Å². The van der Waals surface area contributed by atoms with Crippen LogP contribution in [-0.4, -0.2) is 5.91 Å². The maximum absolute atomic E-state index is 13.3. The van der Waals surface area contributed by atoms with Crippen LogP contribution in [0.4, 0.5) is 15.8 Å². The zero-order valence-corrected chi connectivity index (χ0v) is 12.2. The van der Waals surface area contributed by atoms with Gasteiger partial charge in [0.25, 0.3) is 5.91 Å². The van der Waals surface area contributed by atoms with Crippen molar-refractivity contribution >= 4 is 17.3 Å². The Morgan fingerprint density at radius 1 is 1.14 bits per heavy atom. The van der Waals surface area contributed by atoms with Crippen LogP contribution in [0, 0.1) is 5.82 Å². The summed E-state index contributed by atoms with van der Waals surface area (Å²) in [6.45, 7) is 4.06. The molecule has 3 N–H and O–H groups in total. The number of carbonyl (C=O) groups excluding carboxylic acids is 1. The number of hydrogen-bond acceptors (Lipinski definition) is 2. The molecule has 0 atom stereocenters. The predicted octanol–water partition coefficient (Wildman–Crippen LogP) is 3.79. The van der Waals surface area contributed by atoms with Crippen molar-refractivity contribution in [1.82, 2.24) is 0 Å². The lowest BCUT2D eigenvalue weighted by Crippen LogP contribution is -2.16. The summed E-state index contributed by atoms with van der Waals surface area (Å²) in [5.74, 6) is -0.864. The fourth-order valence-corrected chi connectivity index (χ4v) is 2.31. The van der Waals surface area contributed by atoms with E-state index in [4.69, 9.17) is 5.73 Å². The number of nitrogens with one attached hydrogen (secondary N) is 1. The molecule has 0 radical (unpaired) electrons. The largest absolute Gasteiger partial charge is 0.398 e. The Balaban J connectivity index is 2.38. The van der Waals surface area contributed by atoms with Crippen LogP contribution in [0.15, 0.2) is 36.4 Å². The summed E-state index contributed by atoms with van der Waals surface area (Å²) in [6.07, 6.45) is 1.62. The van der Waals surface area contributed by atoms with Crippen LogP contribution in [-0.2, 0) is 12.8 Å². The third-order valence-electron chi connectivity index (χ3n) is 3.50. The molecular formula is C17H19FN2O. The molecule has 3 nitrogen and oxygen atoms in total. The number of amides is 1. The lowest BCUT2D eigenvalue weighted by molar-refractivity contribution is 0.102. The van der Waals surface area contributed by atoms with Crippen LogP contribution in [0.3, 0.4) is 0 Å². The highest BCUT2D eigenvalue weighted by atomic mass is 19.1. The molecule has 0 aliphatic heterocycles. The first-order valence-corrected chi connectivity index (χ1v) is 7.04. The molecule has 110 valence electrons. The number of nitrogens with two attached hydrogens (primary N) is 1. The van der Waals surface area contributed by atoms with Gasteiger partial charge in [-0.25, -0.2) is 4.39 Å². The van der Waals surface area contributed by atoms with Crippen LogP contribution in [0.5, 0.6) is 0 Å². The maximum Gasteiger partial charge on any atom is 0.257 e. The van der Waals surface area contributed by atoms with Gasteiger partial charge < -0.3 is 11.1 Å². The Morgan fingerprint density at radius 3 is 2.33 bits per heavy atom. The van der Waals surface area contributed by atoms with E-state index >= 15 is 0 Å². The van der Waals surface area contributed by atoms with Crippen molar-refractivity contribution in [3.8, 4) is 0 Å². The van der Waals surface area contributed by atoms with Gasteiger partial charge in [0.1, 0.15) is 5.82 Å². The Bertz CT molecular complexity index is 646. The average molecular weight is 286 g/mol. The van der Waals surface area contributed by atoms with Crippen molar-refractivity contribution in [3.63, 3.8) is 0 Å². The Morgan fingerprint density at radius 2 is 1.76 bits per heavy atom. The normalized spacial score (nSPS) is 10.4. The Labute approximate surface area is 124 Å². The van der Waals surface area contributed by atoms with Crippen molar-refractivity contribution in [3.05, 3.63) is 58.9 Å². The molecule has 0 unspecified atom stereocenters. The van der Waals surface area contributed by atoms with Crippen LogP contribution in [0.25, 0.3) is 0 Å². The molecule has 0 fully saturated rings. The molecule has 2 rings (SSSR count). The number of benzene rings is 2. The number of rotatable bonds is 4. The summed E-state index contributed by atoms with van der Waals surface area (Å²) >= 11 is 0. The molecule has 0 aliphatic carbocycles. The number of nitrogen functional groups attached to an aromatic ring is 1. The van der Waals surface area contributed by atoms with Gasteiger partial charge in [-0.1, -0.05) is 32.0 Å². The molecule has 21 heavy (non-hydrogen) atoms. The van der Waals surface area contributed by atoms with E-state index in [9.17, 15) is 9.18 Å². The summed E-state index contributed by atoms with van der Waals surface area (Å²) in [4.78, 5) is 12.4. The van der Waals surface area contributed by atoms with Gasteiger partial charge in [-0.15, -0.1) is 0 Å². The summed E-state index contributed by atoms with van der Waals surface area (Å²) < 4.78 is 13.3. The second-order valence-electron chi connectivity index (χ2n) is 4.84. The highest BCUT2D eigenvalue weighted by Gasteiger charge is 2.14. The molecule has 0 aliphatic rings. The van der Waals surface area contributed by atoms with Gasteiger partial charge in [0.15, 0.2) is 0 Å². The maximum atomic E-state index is 13.3. The molecule has 0 aromatic heterocycles. The monoisotopic (exact) mass is 286 g/mol. The molecule has 0 bridgehead atoms. The third kappa shape index (κ3) is 3.21. The number of anilines is 2. The van der Waals surface area contributed by atoms with Gasteiger partial charge in [-0.05, 0) is 42.2 Å². The number of aryl methyl sites for hydroxylation is 2. The van der Waals surface area contributed by atoms with Crippen LogP contribution in [0.2, 0.25) is 0 Å². The van der Waals surface area contributed by atoms with Crippen LogP contribution >= 0.6 is 0 Å². The number of para-hydroxylation sites is 1. The standard InChI is InChI=1S/C17H19FN2O/c1-3-11-6-5-7-12(4-2)16(11)20-17(21)14-10-13(18)8-9-15(14)19/h5-10H,3-4,19H2,1-2H3,(H,20,21). The van der Waals surface area contributed by atoms with Crippen molar-refractivity contribution in [1.29, 1.82) is 0 Å². The number of carbonyl (C=O) groups is 1. The van der Waals surface area contributed by atoms with E-state index in [1.54, 1.807) is 0 Å². The number of halogens is 1. The summed E-state index contributed by atoms with van der Waals surface area (Å²) in [5, 5.41) is 2.88. The molecule has 4 heteroatoms. The minimum absolute atomic E-state index is 0.156. The molecule has 2 aromatic carbocycles. The molecule has 2 aromatic rings. The van der Waals surface area contributed by atoms with E-state index in [1.807, 2.05) is 32.0 Å². The fourth-order valence-electron chi connectivity index (χ4n) is 2.31. The first-order chi connectivity index (χ1) is 10.1. The lowest BCUT2D eigenvalue weighted by Gasteiger charge is -2.15. The Kier molecular flexibility index (Phi) is 4.58. The molecule has 0 heterocycles. The summed E-state index contributed by atoms with van der Waals surface area (Å²) in [7, 11) is 0. The quantitative estimate of drug-likeness (QED) is 0.840. The van der Waals surface area contributed by atoms with E-state index < -0.39 is 5.82 Å². The molecule has 1 amide bonds. The van der Waals surface area contributed by atoms with Crippen LogP contribution < -0.4 is 11.1 Å². The summed E-state index contributed by atoms with van der Waals surface area (Å²) in [6, 6.07) is 9.72. The second-order valence-corrected chi connectivity index (χ2v) is 4.84. The smallest absolute Gasteiger partial charge is 0.257 e. The van der Waals surface area contributed by atoms with Gasteiger partial charge in [0, 0.05) is 11.4 Å². The highest BCUT2D eigenvalue weighted by Crippen LogP contribution is 2.24. The first kappa shape index (κ1) is 15.0. The molecular weight excluding hydrogens is 267 g/mol. The average Bonchev–Trinajstić information content (AvgIpc) is 2.49. The van der Waals surface area contributed by atoms with Crippen molar-refractivity contribution < 1.29 is 9.18 Å². The lowest BCUT2D eigenvalue weighted by atomic mass is 10.0. The van der Waals surface area contributed by atoms with E-state index in [-0.39, 0.29) is 17.2 Å². The minimum Gasteiger partial charge on any atom is -0.398 e. The second kappa shape index (κ2) is 6.39. The first-order valence-electron chi connectivity index (χ1n) is 7.04. The Hall–Kier alpha value is -2.36. The SMILES string of the molecule is CCc1cccc(CC)c1NC(=O)c1cc(F)ccc1N. The highest BCUT2D eigenvalue weighted by molar-refractivity contribution is 6.08. The third-order valence-corrected chi connectivity index (χ3v) is 3.50. The van der Waals surface area contributed by atoms with Crippen molar-refractivity contribution in [2.24, 2.45) is 0 Å². The van der Waals surface area contributed by atoms with E-state index in [2.05, 4.69) is 5.32 Å². The fraction of sp³-hybridized carbons (Fsp3) is 0.235. The van der Waals surface area contributed by atoms with E-state index in [1.165, 1.54) is 12.1 Å². The molecule has 0 spiro atoms. The topological polar surface area (TPSA) is 55.1 Å². The number of hydrogen-bond donors (Lipinski definition) is 2. The molecule has 0 saturated carbocycles. The van der Waals surface area contributed by atoms with Crippen molar-refractivity contribution in [2.45, 2.75) is 26.7 Å².